The van der Waals surface area contributed by atoms with Gasteiger partial charge < -0.3 is 19.3 Å². The summed E-state index contributed by atoms with van der Waals surface area (Å²) < 4.78 is 11.1. The number of piperidine rings is 1. The molecule has 29 heavy (non-hydrogen) atoms. The van der Waals surface area contributed by atoms with Crippen LogP contribution in [0.1, 0.15) is 60.8 Å². The van der Waals surface area contributed by atoms with Crippen LogP contribution in [-0.4, -0.2) is 48.7 Å². The molecule has 0 spiro atoms. The molecule has 0 radical (unpaired) electrons. The van der Waals surface area contributed by atoms with Crippen molar-refractivity contribution < 1.29 is 19.1 Å². The fraction of sp³-hybridized carbons (Fsp3) is 0.652. The van der Waals surface area contributed by atoms with Gasteiger partial charge in [-0.3, -0.25) is 4.79 Å². The smallest absolute Gasteiger partial charge is 0.410 e. The van der Waals surface area contributed by atoms with Gasteiger partial charge in [0, 0.05) is 32.2 Å². The van der Waals surface area contributed by atoms with E-state index in [1.807, 2.05) is 58.9 Å². The quantitative estimate of drug-likeness (QED) is 0.703. The monoisotopic (exact) mass is 404 g/mol. The summed E-state index contributed by atoms with van der Waals surface area (Å²) in [7, 11) is 1.81. The first-order valence-corrected chi connectivity index (χ1v) is 10.4. The second-order valence-electron chi connectivity index (χ2n) is 9.57. The number of rotatable bonds is 5. The van der Waals surface area contributed by atoms with E-state index in [1.165, 1.54) is 0 Å². The third-order valence-electron chi connectivity index (χ3n) is 5.17. The molecule has 2 amide bonds. The Kier molecular flexibility index (Phi) is 7.20. The largest absolute Gasteiger partial charge is 0.491 e. The molecule has 1 aromatic carbocycles. The Labute approximate surface area is 175 Å². The molecule has 0 saturated carbocycles. The number of ether oxygens (including phenoxy) is 2. The predicted octanol–water partition coefficient (Wildman–Crippen LogP) is 4.86. The number of anilines is 1. The minimum absolute atomic E-state index is 0.0794. The van der Waals surface area contributed by atoms with Gasteiger partial charge in [-0.2, -0.15) is 0 Å². The van der Waals surface area contributed by atoms with Gasteiger partial charge in [-0.25, -0.2) is 4.79 Å². The summed E-state index contributed by atoms with van der Waals surface area (Å²) in [6, 6.07) is 7.59. The molecule has 0 bridgehead atoms. The molecular weight excluding hydrogens is 368 g/mol. The van der Waals surface area contributed by atoms with Crippen molar-refractivity contribution >= 4 is 17.7 Å². The fourth-order valence-electron chi connectivity index (χ4n) is 3.38. The standard InChI is InChI=1S/C23H36N2O4/c1-17(2)28-19-10-8-18(9-11-19)24(7)20(26)16-23(6)12-14-25(15-13-23)21(27)29-22(3,4)5/h8-11,17H,12-16H2,1-7H3. The Morgan fingerprint density at radius 2 is 1.69 bits per heavy atom. The van der Waals surface area contributed by atoms with Crippen molar-refractivity contribution in [1.29, 1.82) is 0 Å². The number of hydrogen-bond acceptors (Lipinski definition) is 4. The molecule has 0 aliphatic carbocycles. The van der Waals surface area contributed by atoms with Gasteiger partial charge in [0.05, 0.1) is 6.10 Å². The van der Waals surface area contributed by atoms with Crippen LogP contribution in [0.3, 0.4) is 0 Å². The van der Waals surface area contributed by atoms with Crippen molar-refractivity contribution in [1.82, 2.24) is 4.90 Å². The Bertz CT molecular complexity index is 699. The molecule has 6 heteroatoms. The van der Waals surface area contributed by atoms with Gasteiger partial charge in [-0.15, -0.1) is 0 Å². The van der Waals surface area contributed by atoms with Gasteiger partial charge in [0.25, 0.3) is 0 Å². The maximum absolute atomic E-state index is 12.9. The average Bonchev–Trinajstić information content (AvgIpc) is 2.60. The molecule has 1 saturated heterocycles. The summed E-state index contributed by atoms with van der Waals surface area (Å²) in [5.74, 6) is 0.877. The minimum atomic E-state index is -0.494. The number of amides is 2. The van der Waals surface area contributed by atoms with E-state index in [9.17, 15) is 9.59 Å². The minimum Gasteiger partial charge on any atom is -0.491 e. The zero-order chi connectivity index (χ0) is 21.8. The number of likely N-dealkylation sites (tertiary alicyclic amines) is 1. The van der Waals surface area contributed by atoms with Crippen LogP contribution in [0.15, 0.2) is 24.3 Å². The Hall–Kier alpha value is -2.24. The van der Waals surface area contributed by atoms with E-state index in [2.05, 4.69) is 6.92 Å². The van der Waals surface area contributed by atoms with Gasteiger partial charge in [-0.1, -0.05) is 6.92 Å². The highest BCUT2D eigenvalue weighted by molar-refractivity contribution is 5.93. The highest BCUT2D eigenvalue weighted by Gasteiger charge is 2.36. The second-order valence-corrected chi connectivity index (χ2v) is 9.57. The first kappa shape index (κ1) is 23.0. The highest BCUT2D eigenvalue weighted by Crippen LogP contribution is 2.36. The summed E-state index contributed by atoms with van der Waals surface area (Å²) in [5, 5.41) is 0. The van der Waals surface area contributed by atoms with Crippen molar-refractivity contribution in [2.45, 2.75) is 72.5 Å². The third-order valence-corrected chi connectivity index (χ3v) is 5.17. The number of benzene rings is 1. The molecule has 1 heterocycles. The summed E-state index contributed by atoms with van der Waals surface area (Å²) in [6.45, 7) is 12.9. The Morgan fingerprint density at radius 3 is 2.17 bits per heavy atom. The van der Waals surface area contributed by atoms with Crippen molar-refractivity contribution in [3.8, 4) is 5.75 Å². The van der Waals surface area contributed by atoms with Gasteiger partial charge in [0.15, 0.2) is 0 Å². The van der Waals surface area contributed by atoms with Crippen molar-refractivity contribution in [3.05, 3.63) is 24.3 Å². The van der Waals surface area contributed by atoms with E-state index >= 15 is 0 Å². The first-order chi connectivity index (χ1) is 13.4. The SMILES string of the molecule is CC(C)Oc1ccc(N(C)C(=O)CC2(C)CCN(C(=O)OC(C)(C)C)CC2)cc1. The molecule has 1 aromatic rings. The molecule has 162 valence electrons. The van der Waals surface area contributed by atoms with Crippen LogP contribution in [-0.2, 0) is 9.53 Å². The molecule has 0 aromatic heterocycles. The lowest BCUT2D eigenvalue weighted by atomic mass is 9.77. The van der Waals surface area contributed by atoms with Gasteiger partial charge in [-0.05, 0) is 77.1 Å². The number of nitrogens with zero attached hydrogens (tertiary/aromatic N) is 2. The van der Waals surface area contributed by atoms with Gasteiger partial charge in [0.2, 0.25) is 5.91 Å². The molecular formula is C23H36N2O4. The molecule has 1 fully saturated rings. The van der Waals surface area contributed by atoms with Crippen LogP contribution in [0.5, 0.6) is 5.75 Å². The fourth-order valence-corrected chi connectivity index (χ4v) is 3.38. The van der Waals surface area contributed by atoms with Gasteiger partial charge >= 0.3 is 6.09 Å². The molecule has 0 atom stereocenters. The first-order valence-electron chi connectivity index (χ1n) is 10.4. The van der Waals surface area contributed by atoms with E-state index < -0.39 is 5.60 Å². The van der Waals surface area contributed by atoms with E-state index in [4.69, 9.17) is 9.47 Å². The van der Waals surface area contributed by atoms with Crippen LogP contribution in [0, 0.1) is 5.41 Å². The van der Waals surface area contributed by atoms with E-state index in [0.717, 1.165) is 24.3 Å². The number of carbonyl (C=O) groups excluding carboxylic acids is 2. The lowest BCUT2D eigenvalue weighted by molar-refractivity contribution is -0.121. The highest BCUT2D eigenvalue weighted by atomic mass is 16.6. The average molecular weight is 405 g/mol. The number of carbonyl (C=O) groups is 2. The summed E-state index contributed by atoms with van der Waals surface area (Å²) in [6.07, 6.45) is 1.87. The Morgan fingerprint density at radius 1 is 1.14 bits per heavy atom. The number of hydrogen-bond donors (Lipinski definition) is 0. The molecule has 6 nitrogen and oxygen atoms in total. The molecule has 0 N–H and O–H groups in total. The predicted molar refractivity (Wildman–Crippen MR) is 115 cm³/mol. The van der Waals surface area contributed by atoms with Crippen molar-refractivity contribution in [2.75, 3.05) is 25.0 Å². The molecule has 0 unspecified atom stereocenters. The van der Waals surface area contributed by atoms with E-state index in [-0.39, 0.29) is 23.5 Å². The van der Waals surface area contributed by atoms with Gasteiger partial charge in [0.1, 0.15) is 11.4 Å². The van der Waals surface area contributed by atoms with Crippen LogP contribution in [0.2, 0.25) is 0 Å². The van der Waals surface area contributed by atoms with Crippen LogP contribution >= 0.6 is 0 Å². The molecule has 1 aliphatic heterocycles. The third kappa shape index (κ3) is 6.94. The van der Waals surface area contributed by atoms with Crippen molar-refractivity contribution in [2.24, 2.45) is 5.41 Å². The van der Waals surface area contributed by atoms with Crippen LogP contribution in [0.4, 0.5) is 10.5 Å². The molecule has 2 rings (SSSR count). The Balaban J connectivity index is 1.90. The topological polar surface area (TPSA) is 59.1 Å². The maximum Gasteiger partial charge on any atom is 0.410 e. The summed E-state index contributed by atoms with van der Waals surface area (Å²) in [5.41, 5.74) is 0.234. The zero-order valence-electron chi connectivity index (χ0n) is 18.9. The van der Waals surface area contributed by atoms with E-state index in [1.54, 1.807) is 16.8 Å². The van der Waals surface area contributed by atoms with Crippen LogP contribution in [0.25, 0.3) is 0 Å². The van der Waals surface area contributed by atoms with Crippen molar-refractivity contribution in [3.63, 3.8) is 0 Å². The summed E-state index contributed by atoms with van der Waals surface area (Å²) >= 11 is 0. The molecule has 1 aliphatic rings. The lowest BCUT2D eigenvalue weighted by Gasteiger charge is -2.40. The zero-order valence-corrected chi connectivity index (χ0v) is 18.9. The second kappa shape index (κ2) is 9.06. The lowest BCUT2D eigenvalue weighted by Crippen LogP contribution is -2.45. The van der Waals surface area contributed by atoms with E-state index in [0.29, 0.717) is 19.5 Å². The normalized spacial score (nSPS) is 16.5. The van der Waals surface area contributed by atoms with Crippen LogP contribution < -0.4 is 9.64 Å². The summed E-state index contributed by atoms with van der Waals surface area (Å²) in [4.78, 5) is 28.6. The maximum atomic E-state index is 12.9.